The predicted octanol–water partition coefficient (Wildman–Crippen LogP) is 7.33. The lowest BCUT2D eigenvalue weighted by Gasteiger charge is -2.45. The SMILES string of the molecule is Cc1nc(C(=O)N2CCC3(CCCC3)CC2CCc2ccc(C(F)(F)F)cn2)c(-c2ccccc2)s1. The molecule has 1 saturated heterocycles. The molecule has 1 saturated carbocycles. The van der Waals surface area contributed by atoms with E-state index in [-0.39, 0.29) is 17.4 Å². The van der Waals surface area contributed by atoms with E-state index in [0.29, 0.717) is 30.8 Å². The molecule has 0 radical (unpaired) electrons. The van der Waals surface area contributed by atoms with Gasteiger partial charge in [-0.15, -0.1) is 11.3 Å². The van der Waals surface area contributed by atoms with Crippen LogP contribution in [0.1, 0.15) is 71.7 Å². The van der Waals surface area contributed by atoms with E-state index >= 15 is 0 Å². The van der Waals surface area contributed by atoms with Gasteiger partial charge in [-0.25, -0.2) is 4.98 Å². The van der Waals surface area contributed by atoms with Gasteiger partial charge in [0.25, 0.3) is 5.91 Å². The summed E-state index contributed by atoms with van der Waals surface area (Å²) in [5.41, 5.74) is 1.65. The Morgan fingerprint density at radius 1 is 1.11 bits per heavy atom. The lowest BCUT2D eigenvalue weighted by atomic mass is 9.73. The third-order valence-corrected chi connectivity index (χ3v) is 8.80. The summed E-state index contributed by atoms with van der Waals surface area (Å²) in [5, 5.41) is 0.854. The van der Waals surface area contributed by atoms with Crippen LogP contribution in [0.2, 0.25) is 0 Å². The molecule has 0 N–H and O–H groups in total. The van der Waals surface area contributed by atoms with Gasteiger partial charge >= 0.3 is 6.18 Å². The standard InChI is InChI=1S/C28H30F3N3OS/c1-19-33-24(25(36-19)20-7-3-2-4-8-20)26(35)34-16-15-27(13-5-6-14-27)17-23(34)12-11-22-10-9-21(18-32-22)28(29,30)31/h2-4,7-10,18,23H,5-6,11-17H2,1H3. The number of halogens is 3. The number of rotatable bonds is 5. The minimum absolute atomic E-state index is 0.0130. The van der Waals surface area contributed by atoms with Gasteiger partial charge < -0.3 is 4.90 Å². The number of amides is 1. The predicted molar refractivity (Wildman–Crippen MR) is 135 cm³/mol. The van der Waals surface area contributed by atoms with Crippen LogP contribution in [0.3, 0.4) is 0 Å². The zero-order valence-corrected chi connectivity index (χ0v) is 21.2. The molecule has 1 unspecified atom stereocenters. The monoisotopic (exact) mass is 513 g/mol. The maximum Gasteiger partial charge on any atom is 0.417 e. The maximum atomic E-state index is 13.9. The minimum Gasteiger partial charge on any atom is -0.334 e. The molecule has 1 amide bonds. The quantitative estimate of drug-likeness (QED) is 0.359. The van der Waals surface area contributed by atoms with Crippen molar-refractivity contribution < 1.29 is 18.0 Å². The van der Waals surface area contributed by atoms with Crippen LogP contribution in [-0.4, -0.2) is 33.4 Å². The summed E-state index contributed by atoms with van der Waals surface area (Å²) in [4.78, 5) is 25.5. The molecule has 1 aliphatic heterocycles. The number of carbonyl (C=O) groups excluding carboxylic acids is 1. The first-order valence-electron chi connectivity index (χ1n) is 12.6. The Morgan fingerprint density at radius 3 is 2.53 bits per heavy atom. The van der Waals surface area contributed by atoms with Gasteiger partial charge in [-0.3, -0.25) is 9.78 Å². The Balaban J connectivity index is 1.38. The molecule has 3 heterocycles. The Kier molecular flexibility index (Phi) is 6.90. The van der Waals surface area contributed by atoms with Crippen molar-refractivity contribution in [2.24, 2.45) is 5.41 Å². The molecule has 8 heteroatoms. The molecule has 2 aliphatic rings. The molecule has 0 bridgehead atoms. The lowest BCUT2D eigenvalue weighted by Crippen LogP contribution is -2.49. The number of alkyl halides is 3. The maximum absolute atomic E-state index is 13.9. The highest BCUT2D eigenvalue weighted by Gasteiger charge is 2.43. The molecule has 5 rings (SSSR count). The zero-order chi connectivity index (χ0) is 25.3. The van der Waals surface area contributed by atoms with Gasteiger partial charge in [-0.05, 0) is 68.6 Å². The van der Waals surface area contributed by atoms with E-state index in [1.165, 1.54) is 43.1 Å². The number of nitrogens with zero attached hydrogens (tertiary/aromatic N) is 3. The van der Waals surface area contributed by atoms with Crippen molar-refractivity contribution in [3.63, 3.8) is 0 Å². The number of aryl methyl sites for hydroxylation is 2. The van der Waals surface area contributed by atoms with Crippen LogP contribution in [0.25, 0.3) is 10.4 Å². The second-order valence-corrected chi connectivity index (χ2v) is 11.4. The topological polar surface area (TPSA) is 46.1 Å². The number of hydrogen-bond donors (Lipinski definition) is 0. The van der Waals surface area contributed by atoms with E-state index in [9.17, 15) is 18.0 Å². The van der Waals surface area contributed by atoms with Gasteiger partial charge in [0.2, 0.25) is 0 Å². The molecule has 1 aromatic carbocycles. The van der Waals surface area contributed by atoms with Gasteiger partial charge in [0.1, 0.15) is 5.69 Å². The fourth-order valence-electron chi connectivity index (χ4n) is 5.90. The average molecular weight is 514 g/mol. The van der Waals surface area contributed by atoms with Crippen molar-refractivity contribution in [2.75, 3.05) is 6.54 Å². The van der Waals surface area contributed by atoms with Crippen LogP contribution in [0.4, 0.5) is 13.2 Å². The first-order chi connectivity index (χ1) is 17.2. The third kappa shape index (κ3) is 5.19. The van der Waals surface area contributed by atoms with Crippen LogP contribution >= 0.6 is 11.3 Å². The number of hydrogen-bond acceptors (Lipinski definition) is 4. The second-order valence-electron chi connectivity index (χ2n) is 10.2. The summed E-state index contributed by atoms with van der Waals surface area (Å²) in [6.07, 6.45) is 4.48. The Hall–Kier alpha value is -2.74. The molecule has 4 nitrogen and oxygen atoms in total. The van der Waals surface area contributed by atoms with Crippen molar-refractivity contribution >= 4 is 17.2 Å². The molecule has 1 spiro atoms. The molecular formula is C28H30F3N3OS. The normalized spacial score (nSPS) is 19.7. The molecule has 3 aromatic rings. The summed E-state index contributed by atoms with van der Waals surface area (Å²) in [6.45, 7) is 2.61. The van der Waals surface area contributed by atoms with Crippen molar-refractivity contribution in [3.8, 4) is 10.4 Å². The van der Waals surface area contributed by atoms with E-state index in [1.807, 2.05) is 42.2 Å². The van der Waals surface area contributed by atoms with Gasteiger partial charge in [-0.1, -0.05) is 43.2 Å². The summed E-state index contributed by atoms with van der Waals surface area (Å²) in [5.74, 6) is -0.0450. The van der Waals surface area contributed by atoms with Crippen LogP contribution in [0, 0.1) is 12.3 Å². The Bertz CT molecular complexity index is 1200. The lowest BCUT2D eigenvalue weighted by molar-refractivity contribution is -0.137. The van der Waals surface area contributed by atoms with Crippen LogP contribution in [-0.2, 0) is 12.6 Å². The minimum atomic E-state index is -4.39. The number of likely N-dealkylation sites (tertiary alicyclic amines) is 1. The smallest absolute Gasteiger partial charge is 0.334 e. The first-order valence-corrected chi connectivity index (χ1v) is 13.4. The van der Waals surface area contributed by atoms with Crippen molar-refractivity contribution in [1.82, 2.24) is 14.9 Å². The van der Waals surface area contributed by atoms with Gasteiger partial charge in [0, 0.05) is 24.5 Å². The average Bonchev–Trinajstić information content (AvgIpc) is 3.49. The number of carbonyl (C=O) groups is 1. The van der Waals surface area contributed by atoms with E-state index in [2.05, 4.69) is 9.97 Å². The van der Waals surface area contributed by atoms with Crippen LogP contribution in [0.5, 0.6) is 0 Å². The molecule has 1 aliphatic carbocycles. The summed E-state index contributed by atoms with van der Waals surface area (Å²) in [6, 6.07) is 12.4. The van der Waals surface area contributed by atoms with Gasteiger partial charge in [0.15, 0.2) is 0 Å². The highest BCUT2D eigenvalue weighted by molar-refractivity contribution is 7.15. The second kappa shape index (κ2) is 9.96. The molecule has 190 valence electrons. The third-order valence-electron chi connectivity index (χ3n) is 7.78. The fourth-order valence-corrected chi connectivity index (χ4v) is 6.82. The Morgan fingerprint density at radius 2 is 1.86 bits per heavy atom. The van der Waals surface area contributed by atoms with Crippen LogP contribution in [0.15, 0.2) is 48.7 Å². The molecule has 1 atom stereocenters. The van der Waals surface area contributed by atoms with Gasteiger partial charge in [-0.2, -0.15) is 13.2 Å². The summed E-state index contributed by atoms with van der Waals surface area (Å²) < 4.78 is 38.8. The highest BCUT2D eigenvalue weighted by Crippen LogP contribution is 2.49. The molecular weight excluding hydrogens is 483 g/mol. The van der Waals surface area contributed by atoms with Crippen molar-refractivity contribution in [3.05, 3.63) is 70.6 Å². The number of aromatic nitrogens is 2. The number of benzene rings is 1. The van der Waals surface area contributed by atoms with Crippen molar-refractivity contribution in [1.29, 1.82) is 0 Å². The molecule has 36 heavy (non-hydrogen) atoms. The number of thiazole rings is 1. The van der Waals surface area contributed by atoms with E-state index in [0.717, 1.165) is 40.6 Å². The Labute approximate surface area is 213 Å². The zero-order valence-electron chi connectivity index (χ0n) is 20.4. The van der Waals surface area contributed by atoms with E-state index in [1.54, 1.807) is 0 Å². The first kappa shape index (κ1) is 24.9. The van der Waals surface area contributed by atoms with E-state index in [4.69, 9.17) is 0 Å². The van der Waals surface area contributed by atoms with Gasteiger partial charge in [0.05, 0.1) is 15.4 Å². The highest BCUT2D eigenvalue weighted by atomic mass is 32.1. The van der Waals surface area contributed by atoms with Crippen LogP contribution < -0.4 is 0 Å². The largest absolute Gasteiger partial charge is 0.417 e. The van der Waals surface area contributed by atoms with E-state index < -0.39 is 11.7 Å². The number of pyridine rings is 1. The molecule has 2 aromatic heterocycles. The summed E-state index contributed by atoms with van der Waals surface area (Å²) >= 11 is 1.53. The number of piperidine rings is 1. The van der Waals surface area contributed by atoms with Crippen molar-refractivity contribution in [2.45, 2.75) is 70.5 Å². The summed E-state index contributed by atoms with van der Waals surface area (Å²) in [7, 11) is 0. The fraction of sp³-hybridized carbons (Fsp3) is 0.464. The molecule has 2 fully saturated rings.